The predicted octanol–water partition coefficient (Wildman–Crippen LogP) is 6.55. The molecule has 2 heterocycles. The second-order valence-corrected chi connectivity index (χ2v) is 9.38. The van der Waals surface area contributed by atoms with Gasteiger partial charge in [0, 0.05) is 16.1 Å². The van der Waals surface area contributed by atoms with Gasteiger partial charge in [-0.25, -0.2) is 4.79 Å². The van der Waals surface area contributed by atoms with E-state index in [1.54, 1.807) is 36.4 Å². The minimum absolute atomic E-state index is 0.217. The van der Waals surface area contributed by atoms with Crippen molar-refractivity contribution in [2.45, 2.75) is 0 Å². The van der Waals surface area contributed by atoms with Crippen LogP contribution in [0.3, 0.4) is 0 Å². The van der Waals surface area contributed by atoms with Crippen molar-refractivity contribution >= 4 is 79.5 Å². The van der Waals surface area contributed by atoms with E-state index in [0.717, 1.165) is 4.47 Å². The molecule has 4 rings (SSSR count). The van der Waals surface area contributed by atoms with Crippen LogP contribution in [0.1, 0.15) is 16.1 Å². The summed E-state index contributed by atoms with van der Waals surface area (Å²) in [5.74, 6) is 0.259. The molecule has 5 nitrogen and oxygen atoms in total. The van der Waals surface area contributed by atoms with Crippen LogP contribution in [-0.2, 0) is 9.53 Å². The second-order valence-electron chi connectivity index (χ2n) is 6.39. The molecule has 1 fully saturated rings. The minimum atomic E-state index is -0.533. The lowest BCUT2D eigenvalue weighted by atomic mass is 10.1. The van der Waals surface area contributed by atoms with Crippen LogP contribution in [0.15, 0.2) is 68.4 Å². The van der Waals surface area contributed by atoms with Crippen molar-refractivity contribution in [3.63, 3.8) is 0 Å². The number of rotatable bonds is 4. The lowest BCUT2D eigenvalue weighted by molar-refractivity contribution is -0.113. The fourth-order valence-electron chi connectivity index (χ4n) is 2.97. The zero-order valence-corrected chi connectivity index (χ0v) is 19.9. The number of ether oxygens (including phenoxy) is 1. The number of esters is 1. The molecule has 0 unspecified atom stereocenters. The molecule has 0 spiro atoms. The molecule has 1 aliphatic rings. The van der Waals surface area contributed by atoms with E-state index in [4.69, 9.17) is 33.0 Å². The summed E-state index contributed by atoms with van der Waals surface area (Å²) in [5.41, 5.74) is 1.59. The number of amides is 1. The summed E-state index contributed by atoms with van der Waals surface area (Å²) in [6, 6.07) is 15.8. The van der Waals surface area contributed by atoms with Crippen molar-refractivity contribution in [2.75, 3.05) is 12.0 Å². The number of carbonyl (C=O) groups excluding carboxylic acids is 2. The topological polar surface area (TPSA) is 59.8 Å². The van der Waals surface area contributed by atoms with Gasteiger partial charge in [-0.1, -0.05) is 57.6 Å². The van der Waals surface area contributed by atoms with Crippen molar-refractivity contribution in [2.24, 2.45) is 0 Å². The molecule has 1 aromatic heterocycles. The van der Waals surface area contributed by atoms with Crippen LogP contribution in [-0.4, -0.2) is 23.3 Å². The lowest BCUT2D eigenvalue weighted by Gasteiger charge is -2.14. The molecule has 0 N–H and O–H groups in total. The van der Waals surface area contributed by atoms with E-state index in [1.165, 1.54) is 23.8 Å². The van der Waals surface area contributed by atoms with Gasteiger partial charge in [-0.2, -0.15) is 0 Å². The molecule has 0 bridgehead atoms. The highest BCUT2D eigenvalue weighted by molar-refractivity contribution is 9.10. The largest absolute Gasteiger partial charge is 0.465 e. The number of thioether (sulfide) groups is 1. The van der Waals surface area contributed by atoms with E-state index >= 15 is 0 Å². The molecule has 1 saturated heterocycles. The Balaban J connectivity index is 1.61. The van der Waals surface area contributed by atoms with E-state index in [2.05, 4.69) is 15.9 Å². The fourth-order valence-corrected chi connectivity index (χ4v) is 4.83. The van der Waals surface area contributed by atoms with Gasteiger partial charge in [0.25, 0.3) is 5.91 Å². The van der Waals surface area contributed by atoms with Gasteiger partial charge in [-0.3, -0.25) is 9.69 Å². The molecule has 0 radical (unpaired) electrons. The highest BCUT2D eigenvalue weighted by Crippen LogP contribution is 2.37. The first-order valence-corrected chi connectivity index (χ1v) is 11.3. The molecule has 3 aromatic rings. The summed E-state index contributed by atoms with van der Waals surface area (Å²) in [4.78, 5) is 26.8. The molecule has 31 heavy (non-hydrogen) atoms. The van der Waals surface area contributed by atoms with E-state index in [1.807, 2.05) is 24.3 Å². The number of hydrogen-bond donors (Lipinski definition) is 0. The Kier molecular flexibility index (Phi) is 6.34. The summed E-state index contributed by atoms with van der Waals surface area (Å²) in [6.45, 7) is 0. The summed E-state index contributed by atoms with van der Waals surface area (Å²) in [6.07, 6.45) is 1.65. The summed E-state index contributed by atoms with van der Waals surface area (Å²) >= 11 is 16.1. The Labute approximate surface area is 201 Å². The zero-order chi connectivity index (χ0) is 22.1. The van der Waals surface area contributed by atoms with Gasteiger partial charge < -0.3 is 9.15 Å². The average molecular weight is 535 g/mol. The first kappa shape index (κ1) is 21.8. The van der Waals surface area contributed by atoms with Crippen LogP contribution >= 0.6 is 51.5 Å². The van der Waals surface area contributed by atoms with Crippen molar-refractivity contribution in [3.8, 4) is 11.3 Å². The Hall–Kier alpha value is -2.39. The van der Waals surface area contributed by atoms with Crippen molar-refractivity contribution in [1.82, 2.24) is 0 Å². The summed E-state index contributed by atoms with van der Waals surface area (Å²) < 4.78 is 11.9. The average Bonchev–Trinajstić information content (AvgIpc) is 3.32. The van der Waals surface area contributed by atoms with Crippen LogP contribution in [0.5, 0.6) is 0 Å². The lowest BCUT2D eigenvalue weighted by Crippen LogP contribution is -2.27. The van der Waals surface area contributed by atoms with Gasteiger partial charge in [-0.05, 0) is 48.5 Å². The molecule has 156 valence electrons. The molecule has 1 amide bonds. The molecule has 0 aliphatic carbocycles. The first-order valence-electron chi connectivity index (χ1n) is 8.89. The van der Waals surface area contributed by atoms with E-state index in [-0.39, 0.29) is 11.5 Å². The Morgan fingerprint density at radius 2 is 2.03 bits per heavy atom. The molecule has 0 atom stereocenters. The maximum absolute atomic E-state index is 12.9. The molecular formula is C22H13BrClNO4S2. The number of anilines is 1. The van der Waals surface area contributed by atoms with Gasteiger partial charge in [0.15, 0.2) is 4.32 Å². The van der Waals surface area contributed by atoms with Gasteiger partial charge in [0.05, 0.1) is 28.3 Å². The number of furan rings is 1. The molecule has 2 aromatic carbocycles. The molecule has 9 heteroatoms. The van der Waals surface area contributed by atoms with Crippen LogP contribution < -0.4 is 4.90 Å². The van der Waals surface area contributed by atoms with E-state index in [0.29, 0.717) is 37.0 Å². The highest BCUT2D eigenvalue weighted by Gasteiger charge is 2.33. The first-order chi connectivity index (χ1) is 14.9. The smallest absolute Gasteiger partial charge is 0.339 e. The van der Waals surface area contributed by atoms with Crippen LogP contribution in [0.4, 0.5) is 5.69 Å². The van der Waals surface area contributed by atoms with E-state index < -0.39 is 5.97 Å². The highest BCUT2D eigenvalue weighted by atomic mass is 79.9. The number of carbonyl (C=O) groups is 2. The number of hydrogen-bond acceptors (Lipinski definition) is 6. The maximum Gasteiger partial charge on any atom is 0.339 e. The third-order valence-corrected chi connectivity index (χ3v) is 6.54. The molecule has 0 saturated carbocycles. The maximum atomic E-state index is 12.9. The third kappa shape index (κ3) is 4.48. The van der Waals surface area contributed by atoms with Gasteiger partial charge in [0.2, 0.25) is 0 Å². The molecular weight excluding hydrogens is 522 g/mol. The van der Waals surface area contributed by atoms with E-state index in [9.17, 15) is 9.59 Å². The normalized spacial score (nSPS) is 15.1. The predicted molar refractivity (Wildman–Crippen MR) is 130 cm³/mol. The number of methoxy groups -OCH3 is 1. The minimum Gasteiger partial charge on any atom is -0.465 e. The number of nitrogens with zero attached hydrogens (tertiary/aromatic N) is 1. The Bertz CT molecular complexity index is 1250. The van der Waals surface area contributed by atoms with Gasteiger partial charge in [0.1, 0.15) is 11.5 Å². The monoisotopic (exact) mass is 533 g/mol. The number of halogens is 2. The fraction of sp³-hybridized carbons (Fsp3) is 0.0455. The number of benzene rings is 2. The van der Waals surface area contributed by atoms with Gasteiger partial charge >= 0.3 is 5.97 Å². The second kappa shape index (κ2) is 9.00. The van der Waals surface area contributed by atoms with Crippen molar-refractivity contribution in [1.29, 1.82) is 0 Å². The molecule has 1 aliphatic heterocycles. The quantitative estimate of drug-likeness (QED) is 0.215. The summed E-state index contributed by atoms with van der Waals surface area (Å²) in [7, 11) is 1.29. The Morgan fingerprint density at radius 3 is 2.77 bits per heavy atom. The Morgan fingerprint density at radius 1 is 1.23 bits per heavy atom. The summed E-state index contributed by atoms with van der Waals surface area (Å²) in [5, 5.41) is 0.290. The van der Waals surface area contributed by atoms with Crippen LogP contribution in [0.25, 0.3) is 17.4 Å². The van der Waals surface area contributed by atoms with Crippen molar-refractivity contribution < 1.29 is 18.7 Å². The SMILES string of the molecule is COC(=O)c1cc(-c2ccc(/C=C3/SC(=S)N(c4cccc(Br)c4)C3=O)o2)ccc1Cl. The standard InChI is InChI=1S/C22H13BrClNO4S2/c1-28-21(27)16-9-12(5-7-17(16)24)18-8-6-15(29-18)11-19-20(26)25(22(30)31-19)14-4-2-3-13(23)10-14/h2-11H,1H3/b19-11+. The van der Waals surface area contributed by atoms with Gasteiger partial charge in [-0.15, -0.1) is 0 Å². The third-order valence-electron chi connectivity index (χ3n) is 4.42. The zero-order valence-electron chi connectivity index (χ0n) is 15.9. The van der Waals surface area contributed by atoms with Crippen LogP contribution in [0.2, 0.25) is 5.02 Å². The van der Waals surface area contributed by atoms with Crippen molar-refractivity contribution in [3.05, 3.63) is 80.3 Å². The van der Waals surface area contributed by atoms with Crippen LogP contribution in [0, 0.1) is 0 Å². The number of thiocarbonyl (C=S) groups is 1.